The van der Waals surface area contributed by atoms with Gasteiger partial charge in [0.15, 0.2) is 5.78 Å². The lowest BCUT2D eigenvalue weighted by atomic mass is 9.79. The molecule has 1 aliphatic carbocycles. The Morgan fingerprint density at radius 2 is 1.65 bits per heavy atom. The highest BCUT2D eigenvalue weighted by Gasteiger charge is 2.43. The number of Topliss-reactive ketones (excluding diaryl/α,β-unsaturated/α-hetero) is 2. The average molecular weight is 712 g/mol. The van der Waals surface area contributed by atoms with Crippen molar-refractivity contribution in [1.29, 1.82) is 0 Å². The van der Waals surface area contributed by atoms with Crippen LogP contribution in [0.3, 0.4) is 0 Å². The van der Waals surface area contributed by atoms with Gasteiger partial charge in [-0.2, -0.15) is 0 Å². The molecule has 8 unspecified atom stereocenters. The van der Waals surface area contributed by atoms with Gasteiger partial charge < -0.3 is 24.6 Å². The standard InChI is InChI=1S/C42H69N3O6/c1-10-30(4)39(44(7)41(49)33(29(2)3)27-37(47)42(6)24-15-16-25-43-42)36(50-8)28-38(48)45-26-18-22-34(45)40(51-9)31(5)35(46)23-17-21-32-19-13-11-12-14-20-32/h11-14,19-20,29-34,36,39-40,43H,10,15-18,21-28H2,1-9H3. The number of ether oxygens (including phenoxy) is 2. The lowest BCUT2D eigenvalue weighted by Crippen LogP contribution is -2.55. The van der Waals surface area contributed by atoms with Crippen LogP contribution >= 0.6 is 0 Å². The minimum Gasteiger partial charge on any atom is -0.379 e. The van der Waals surface area contributed by atoms with Crippen LogP contribution in [0, 0.1) is 29.6 Å². The highest BCUT2D eigenvalue weighted by Crippen LogP contribution is 2.32. The molecule has 1 N–H and O–H groups in total. The zero-order valence-corrected chi connectivity index (χ0v) is 33.2. The topological polar surface area (TPSA) is 105 Å². The smallest absolute Gasteiger partial charge is 0.226 e. The van der Waals surface area contributed by atoms with E-state index in [0.717, 1.165) is 57.9 Å². The number of methoxy groups -OCH3 is 2. The summed E-state index contributed by atoms with van der Waals surface area (Å²) in [6, 6.07) is -0.560. The molecule has 2 fully saturated rings. The molecule has 8 atom stereocenters. The third-order valence-corrected chi connectivity index (χ3v) is 12.1. The molecule has 3 rings (SSSR count). The Hall–Kier alpha value is -2.62. The Labute approximate surface area is 309 Å². The summed E-state index contributed by atoms with van der Waals surface area (Å²) >= 11 is 0. The van der Waals surface area contributed by atoms with E-state index in [9.17, 15) is 19.2 Å². The van der Waals surface area contributed by atoms with Gasteiger partial charge in [0.25, 0.3) is 0 Å². The zero-order chi connectivity index (χ0) is 37.7. The van der Waals surface area contributed by atoms with Crippen molar-refractivity contribution in [2.24, 2.45) is 29.6 Å². The molecule has 2 saturated heterocycles. The Morgan fingerprint density at radius 3 is 2.22 bits per heavy atom. The molecular weight excluding hydrogens is 642 g/mol. The molecule has 2 amide bonds. The van der Waals surface area contributed by atoms with Crippen LogP contribution in [-0.4, -0.2) is 97.4 Å². The fourth-order valence-electron chi connectivity index (χ4n) is 8.47. The normalized spacial score (nSPS) is 24.5. The predicted molar refractivity (Wildman–Crippen MR) is 204 cm³/mol. The molecular formula is C42H69N3O6. The number of carbonyl (C=O) groups is 4. The quantitative estimate of drug-likeness (QED) is 0.150. The first-order valence-corrected chi connectivity index (χ1v) is 19.7. The van der Waals surface area contributed by atoms with E-state index in [1.54, 1.807) is 19.1 Å². The van der Waals surface area contributed by atoms with Gasteiger partial charge in [-0.25, -0.2) is 0 Å². The number of likely N-dealkylation sites (tertiary alicyclic amines) is 1. The minimum absolute atomic E-state index is 0.0277. The van der Waals surface area contributed by atoms with Crippen LogP contribution in [0.1, 0.15) is 112 Å². The molecule has 2 heterocycles. The Bertz CT molecular complexity index is 1220. The Morgan fingerprint density at radius 1 is 0.961 bits per heavy atom. The molecule has 51 heavy (non-hydrogen) atoms. The van der Waals surface area contributed by atoms with Gasteiger partial charge in [-0.3, -0.25) is 19.2 Å². The SMILES string of the molecule is CCC(C)C(C(CC(=O)N1CCCC1C(OC)C(C)C(=O)CCCC1C=CC=CC=C1)OC)N(C)C(=O)C(CC(=O)C1(C)CCCCN1)C(C)C. The number of piperidine rings is 1. The summed E-state index contributed by atoms with van der Waals surface area (Å²) < 4.78 is 12.0. The second kappa shape index (κ2) is 20.6. The number of hydrogen-bond donors (Lipinski definition) is 1. The third kappa shape index (κ3) is 11.4. The number of hydrogen-bond acceptors (Lipinski definition) is 7. The van der Waals surface area contributed by atoms with Crippen LogP contribution in [0.4, 0.5) is 0 Å². The molecule has 0 bridgehead atoms. The minimum atomic E-state index is -0.599. The molecule has 9 nitrogen and oxygen atoms in total. The fourth-order valence-corrected chi connectivity index (χ4v) is 8.47. The van der Waals surface area contributed by atoms with Crippen LogP contribution in [0.15, 0.2) is 36.5 Å². The first kappa shape index (κ1) is 42.8. The fraction of sp³-hybridized carbons (Fsp3) is 0.762. The Balaban J connectivity index is 1.70. The number of allylic oxidation sites excluding steroid dienone is 6. The van der Waals surface area contributed by atoms with Gasteiger partial charge in [0.2, 0.25) is 11.8 Å². The number of nitrogens with one attached hydrogen (secondary N) is 1. The lowest BCUT2D eigenvalue weighted by Gasteiger charge is -2.41. The molecule has 9 heteroatoms. The number of nitrogens with zero attached hydrogens (tertiary/aromatic N) is 2. The van der Waals surface area contributed by atoms with E-state index < -0.39 is 23.7 Å². The average Bonchev–Trinajstić information content (AvgIpc) is 3.45. The summed E-state index contributed by atoms with van der Waals surface area (Å²) in [5, 5.41) is 3.41. The summed E-state index contributed by atoms with van der Waals surface area (Å²) in [6.07, 6.45) is 19.3. The number of rotatable bonds is 20. The summed E-state index contributed by atoms with van der Waals surface area (Å²) in [5.74, 6) is -0.327. The van der Waals surface area contributed by atoms with E-state index in [-0.39, 0.29) is 66.1 Å². The first-order valence-electron chi connectivity index (χ1n) is 19.7. The van der Waals surface area contributed by atoms with Gasteiger partial charge in [-0.05, 0) is 76.2 Å². The summed E-state index contributed by atoms with van der Waals surface area (Å²) in [6.45, 7) is 13.5. The van der Waals surface area contributed by atoms with Crippen LogP contribution in [0.5, 0.6) is 0 Å². The van der Waals surface area contributed by atoms with E-state index in [0.29, 0.717) is 18.9 Å². The predicted octanol–water partition coefficient (Wildman–Crippen LogP) is 6.71. The van der Waals surface area contributed by atoms with Crippen molar-refractivity contribution >= 4 is 23.4 Å². The van der Waals surface area contributed by atoms with Crippen molar-refractivity contribution in [3.8, 4) is 0 Å². The molecule has 0 saturated carbocycles. The highest BCUT2D eigenvalue weighted by molar-refractivity contribution is 5.92. The van der Waals surface area contributed by atoms with Crippen molar-refractivity contribution in [1.82, 2.24) is 15.1 Å². The first-order chi connectivity index (χ1) is 24.3. The van der Waals surface area contributed by atoms with Crippen molar-refractivity contribution < 1.29 is 28.7 Å². The summed E-state index contributed by atoms with van der Waals surface area (Å²) in [5.41, 5.74) is -0.599. The zero-order valence-electron chi connectivity index (χ0n) is 33.2. The van der Waals surface area contributed by atoms with Gasteiger partial charge in [0, 0.05) is 52.5 Å². The molecule has 0 aromatic rings. The summed E-state index contributed by atoms with van der Waals surface area (Å²) in [4.78, 5) is 59.1. The van der Waals surface area contributed by atoms with E-state index in [4.69, 9.17) is 9.47 Å². The van der Waals surface area contributed by atoms with Gasteiger partial charge in [0.1, 0.15) is 5.78 Å². The lowest BCUT2D eigenvalue weighted by molar-refractivity contribution is -0.149. The van der Waals surface area contributed by atoms with Crippen molar-refractivity contribution in [2.75, 3.05) is 34.4 Å². The van der Waals surface area contributed by atoms with Crippen molar-refractivity contribution in [3.63, 3.8) is 0 Å². The number of ketones is 2. The van der Waals surface area contributed by atoms with Gasteiger partial charge >= 0.3 is 0 Å². The van der Waals surface area contributed by atoms with E-state index in [1.165, 1.54) is 0 Å². The van der Waals surface area contributed by atoms with Crippen LogP contribution < -0.4 is 5.32 Å². The van der Waals surface area contributed by atoms with Crippen LogP contribution in [0.2, 0.25) is 0 Å². The van der Waals surface area contributed by atoms with Gasteiger partial charge in [0.05, 0.1) is 36.3 Å². The molecule has 0 aromatic carbocycles. The van der Waals surface area contributed by atoms with Gasteiger partial charge in [-0.15, -0.1) is 0 Å². The Kier molecular flexibility index (Phi) is 17.3. The van der Waals surface area contributed by atoms with Crippen molar-refractivity contribution in [3.05, 3.63) is 36.5 Å². The highest BCUT2D eigenvalue weighted by atomic mass is 16.5. The molecule has 0 radical (unpaired) electrons. The summed E-state index contributed by atoms with van der Waals surface area (Å²) in [7, 11) is 5.06. The van der Waals surface area contributed by atoms with Crippen LogP contribution in [-0.2, 0) is 28.7 Å². The molecule has 288 valence electrons. The largest absolute Gasteiger partial charge is 0.379 e. The molecule has 0 aromatic heterocycles. The van der Waals surface area contributed by atoms with Crippen molar-refractivity contribution in [2.45, 2.75) is 142 Å². The second-order valence-electron chi connectivity index (χ2n) is 16.0. The number of carbonyl (C=O) groups excluding carboxylic acids is 4. The maximum absolute atomic E-state index is 14.3. The molecule has 2 aliphatic heterocycles. The maximum Gasteiger partial charge on any atom is 0.226 e. The number of amides is 2. The van der Waals surface area contributed by atoms with E-state index in [1.807, 2.05) is 51.8 Å². The van der Waals surface area contributed by atoms with Gasteiger partial charge in [-0.1, -0.05) is 77.5 Å². The van der Waals surface area contributed by atoms with Crippen LogP contribution in [0.25, 0.3) is 0 Å². The second-order valence-corrected chi connectivity index (χ2v) is 16.0. The monoisotopic (exact) mass is 712 g/mol. The van der Waals surface area contributed by atoms with E-state index >= 15 is 0 Å². The van der Waals surface area contributed by atoms with E-state index in [2.05, 4.69) is 43.5 Å². The third-order valence-electron chi connectivity index (χ3n) is 12.1. The maximum atomic E-state index is 14.3. The molecule has 3 aliphatic rings. The molecule has 0 spiro atoms. The number of likely N-dealkylation sites (N-methyl/N-ethyl adjacent to an activating group) is 1.